The Hall–Kier alpha value is -1.79. The lowest BCUT2D eigenvalue weighted by molar-refractivity contribution is 0.255. The fourth-order valence-corrected chi connectivity index (χ4v) is 5.11. The van der Waals surface area contributed by atoms with Crippen molar-refractivity contribution < 1.29 is 13.2 Å². The zero-order valence-corrected chi connectivity index (χ0v) is 14.1. The molecule has 0 saturated heterocycles. The van der Waals surface area contributed by atoms with Crippen LogP contribution in [0.4, 0.5) is 5.69 Å². The minimum atomic E-state index is -3.65. The maximum atomic E-state index is 13.0. The number of hydrogen-bond donors (Lipinski definition) is 0. The van der Waals surface area contributed by atoms with Crippen LogP contribution < -0.4 is 9.04 Å². The molecule has 3 heterocycles. The Labute approximate surface area is 139 Å². The van der Waals surface area contributed by atoms with Crippen molar-refractivity contribution in [3.8, 4) is 5.75 Å². The van der Waals surface area contributed by atoms with E-state index in [4.69, 9.17) is 16.3 Å². The van der Waals surface area contributed by atoms with Crippen molar-refractivity contribution in [2.24, 2.45) is 0 Å². The third kappa shape index (κ3) is 2.28. The highest BCUT2D eigenvalue weighted by atomic mass is 35.5. The van der Waals surface area contributed by atoms with Crippen LogP contribution in [-0.4, -0.2) is 26.1 Å². The molecule has 4 rings (SSSR count). The number of sulfonamides is 1. The molecule has 2 aliphatic rings. The minimum Gasteiger partial charge on any atom is -0.489 e. The van der Waals surface area contributed by atoms with Crippen LogP contribution >= 0.6 is 11.6 Å². The quantitative estimate of drug-likeness (QED) is 0.835. The third-order valence-electron chi connectivity index (χ3n) is 4.24. The van der Waals surface area contributed by atoms with Crippen LogP contribution in [0.2, 0.25) is 5.02 Å². The summed E-state index contributed by atoms with van der Waals surface area (Å²) in [6.45, 7) is 2.36. The zero-order valence-electron chi connectivity index (χ0n) is 12.5. The second-order valence-corrected chi connectivity index (χ2v) is 8.13. The van der Waals surface area contributed by atoms with Gasteiger partial charge in [-0.2, -0.15) is 0 Å². The summed E-state index contributed by atoms with van der Waals surface area (Å²) in [5.74, 6) is 0.601. The molecule has 0 saturated carbocycles. The third-order valence-corrected chi connectivity index (χ3v) is 6.31. The highest BCUT2D eigenvalue weighted by molar-refractivity contribution is 7.92. The summed E-state index contributed by atoms with van der Waals surface area (Å²) in [4.78, 5) is 4.27. The van der Waals surface area contributed by atoms with Gasteiger partial charge < -0.3 is 4.74 Å². The number of fused-ring (bicyclic) bond motifs is 2. The van der Waals surface area contributed by atoms with Gasteiger partial charge in [0.05, 0.1) is 15.6 Å². The highest BCUT2D eigenvalue weighted by Gasteiger charge is 2.33. The molecule has 5 nitrogen and oxygen atoms in total. The van der Waals surface area contributed by atoms with Crippen molar-refractivity contribution in [1.29, 1.82) is 0 Å². The second-order valence-electron chi connectivity index (χ2n) is 5.86. The van der Waals surface area contributed by atoms with E-state index in [1.165, 1.54) is 10.4 Å². The summed E-state index contributed by atoms with van der Waals surface area (Å²) in [5.41, 5.74) is 2.49. The topological polar surface area (TPSA) is 59.5 Å². The molecular formula is C16H15ClN2O3S. The van der Waals surface area contributed by atoms with E-state index in [0.29, 0.717) is 35.8 Å². The maximum absolute atomic E-state index is 13.0. The number of benzene rings is 1. The van der Waals surface area contributed by atoms with Crippen molar-refractivity contribution in [1.82, 2.24) is 4.98 Å². The Morgan fingerprint density at radius 2 is 2.17 bits per heavy atom. The van der Waals surface area contributed by atoms with E-state index >= 15 is 0 Å². The number of aromatic nitrogens is 1. The molecule has 23 heavy (non-hydrogen) atoms. The molecule has 0 spiro atoms. The van der Waals surface area contributed by atoms with Crippen molar-refractivity contribution in [2.45, 2.75) is 30.8 Å². The normalized spacial score (nSPS) is 19.4. The van der Waals surface area contributed by atoms with Gasteiger partial charge in [-0.25, -0.2) is 8.42 Å². The molecule has 0 amide bonds. The fraction of sp³-hybridized carbons (Fsp3) is 0.312. The number of ether oxygens (including phenoxy) is 1. The first kappa shape index (κ1) is 14.8. The van der Waals surface area contributed by atoms with Crippen molar-refractivity contribution in [2.75, 3.05) is 10.8 Å². The molecule has 2 aromatic rings. The van der Waals surface area contributed by atoms with E-state index in [0.717, 1.165) is 11.1 Å². The smallest absolute Gasteiger partial charge is 0.264 e. The first-order valence-corrected chi connectivity index (χ1v) is 9.23. The standard InChI is InChI=1S/C16H15ClN2O3S/c1-10-6-12-7-13(8-14(17)16(12)22-10)23(20,21)19-5-3-11-9-18-4-2-15(11)19/h2,4,7-10H,3,5-6H2,1H3/t10-/m1/s1. The number of nitrogens with zero attached hydrogens (tertiary/aromatic N) is 2. The monoisotopic (exact) mass is 350 g/mol. The SMILES string of the molecule is C[C@@H]1Cc2cc(S(=O)(=O)N3CCc4cnccc43)cc(Cl)c2O1. The molecule has 0 bridgehead atoms. The lowest BCUT2D eigenvalue weighted by Crippen LogP contribution is -2.29. The van der Waals surface area contributed by atoms with Crippen LogP contribution in [0.15, 0.2) is 35.5 Å². The van der Waals surface area contributed by atoms with Gasteiger partial charge in [0.1, 0.15) is 11.9 Å². The number of hydrogen-bond acceptors (Lipinski definition) is 4. The second kappa shape index (κ2) is 5.11. The predicted molar refractivity (Wildman–Crippen MR) is 87.7 cm³/mol. The van der Waals surface area contributed by atoms with Crippen molar-refractivity contribution in [3.63, 3.8) is 0 Å². The molecule has 0 radical (unpaired) electrons. The Balaban J connectivity index is 1.79. The van der Waals surface area contributed by atoms with Gasteiger partial charge in [-0.1, -0.05) is 11.6 Å². The molecule has 1 atom stereocenters. The van der Waals surface area contributed by atoms with Gasteiger partial charge in [0, 0.05) is 30.9 Å². The fourth-order valence-electron chi connectivity index (χ4n) is 3.18. The summed E-state index contributed by atoms with van der Waals surface area (Å²) in [5, 5.41) is 0.347. The van der Waals surface area contributed by atoms with Gasteiger partial charge in [-0.3, -0.25) is 9.29 Å². The predicted octanol–water partition coefficient (Wildman–Crippen LogP) is 2.81. The molecule has 7 heteroatoms. The molecule has 0 N–H and O–H groups in total. The summed E-state index contributed by atoms with van der Waals surface area (Å²) in [7, 11) is -3.65. The Morgan fingerprint density at radius 3 is 3.00 bits per heavy atom. The summed E-state index contributed by atoms with van der Waals surface area (Å²) in [6.07, 6.45) is 4.67. The summed E-state index contributed by atoms with van der Waals surface area (Å²) < 4.78 is 33.1. The molecule has 0 aliphatic carbocycles. The van der Waals surface area contributed by atoms with Crippen LogP contribution in [-0.2, 0) is 22.9 Å². The van der Waals surface area contributed by atoms with Gasteiger partial charge in [-0.15, -0.1) is 0 Å². The Kier molecular flexibility index (Phi) is 3.28. The molecule has 0 fully saturated rings. The van der Waals surface area contributed by atoms with Crippen molar-refractivity contribution >= 4 is 27.3 Å². The van der Waals surface area contributed by atoms with Gasteiger partial charge in [0.2, 0.25) is 0 Å². The summed E-state index contributed by atoms with van der Waals surface area (Å²) >= 11 is 6.24. The van der Waals surface area contributed by atoms with Crippen LogP contribution in [0.1, 0.15) is 18.1 Å². The van der Waals surface area contributed by atoms with E-state index in [-0.39, 0.29) is 11.0 Å². The zero-order chi connectivity index (χ0) is 16.2. The van der Waals surface area contributed by atoms with Gasteiger partial charge >= 0.3 is 0 Å². The molecule has 0 unspecified atom stereocenters. The highest BCUT2D eigenvalue weighted by Crippen LogP contribution is 2.40. The molecular weight excluding hydrogens is 336 g/mol. The average molecular weight is 351 g/mol. The molecule has 2 aliphatic heterocycles. The minimum absolute atomic E-state index is 0.0130. The van der Waals surface area contributed by atoms with Crippen LogP contribution in [0.3, 0.4) is 0 Å². The van der Waals surface area contributed by atoms with E-state index in [1.807, 2.05) is 6.92 Å². The van der Waals surface area contributed by atoms with E-state index < -0.39 is 10.0 Å². The average Bonchev–Trinajstić information content (AvgIpc) is 3.10. The Bertz CT molecular complexity index is 898. The van der Waals surface area contributed by atoms with E-state index in [9.17, 15) is 8.42 Å². The number of rotatable bonds is 2. The molecule has 120 valence electrons. The number of pyridine rings is 1. The largest absolute Gasteiger partial charge is 0.489 e. The summed E-state index contributed by atoms with van der Waals surface area (Å²) in [6, 6.07) is 4.90. The number of anilines is 1. The Morgan fingerprint density at radius 1 is 1.35 bits per heavy atom. The first-order valence-electron chi connectivity index (χ1n) is 7.41. The van der Waals surface area contributed by atoms with Gasteiger partial charge in [-0.05, 0) is 37.1 Å². The van der Waals surface area contributed by atoms with Gasteiger partial charge in [0.25, 0.3) is 10.0 Å². The molecule has 1 aromatic carbocycles. The number of halogens is 1. The van der Waals surface area contributed by atoms with E-state index in [1.54, 1.807) is 24.5 Å². The van der Waals surface area contributed by atoms with Crippen molar-refractivity contribution in [3.05, 3.63) is 46.7 Å². The van der Waals surface area contributed by atoms with E-state index in [2.05, 4.69) is 4.98 Å². The lowest BCUT2D eigenvalue weighted by Gasteiger charge is -2.20. The van der Waals surface area contributed by atoms with Crippen LogP contribution in [0, 0.1) is 0 Å². The first-order chi connectivity index (χ1) is 11.0. The maximum Gasteiger partial charge on any atom is 0.264 e. The lowest BCUT2D eigenvalue weighted by atomic mass is 10.1. The van der Waals surface area contributed by atoms with Crippen LogP contribution in [0.25, 0.3) is 0 Å². The van der Waals surface area contributed by atoms with Gasteiger partial charge in [0.15, 0.2) is 0 Å². The van der Waals surface area contributed by atoms with Crippen LogP contribution in [0.5, 0.6) is 5.75 Å². The molecule has 1 aromatic heterocycles.